The van der Waals surface area contributed by atoms with Gasteiger partial charge < -0.3 is 5.73 Å². The number of pyridine rings is 2. The minimum absolute atomic E-state index is 0.00789. The van der Waals surface area contributed by atoms with E-state index in [9.17, 15) is 18.0 Å². The van der Waals surface area contributed by atoms with Crippen LogP contribution in [0.4, 0.5) is 13.2 Å². The fourth-order valence-corrected chi connectivity index (χ4v) is 2.62. The first-order valence-electron chi connectivity index (χ1n) is 7.02. The summed E-state index contributed by atoms with van der Waals surface area (Å²) in [5.41, 5.74) is 5.70. The van der Waals surface area contributed by atoms with Crippen molar-refractivity contribution in [3.05, 3.63) is 65.3 Å². The number of benzene rings is 1. The Labute approximate surface area is 145 Å². The lowest BCUT2D eigenvalue weighted by Crippen LogP contribution is -2.12. The second-order valence-electron chi connectivity index (χ2n) is 5.25. The second kappa shape index (κ2) is 6.33. The molecule has 1 radical (unpaired) electrons. The Morgan fingerprint density at radius 1 is 1.20 bits per heavy atom. The van der Waals surface area contributed by atoms with Gasteiger partial charge in [0, 0.05) is 23.3 Å². The molecule has 0 saturated carbocycles. The molecule has 1 aromatic carbocycles. The van der Waals surface area contributed by atoms with Crippen LogP contribution in [0.25, 0.3) is 22.2 Å². The number of alkyl halides is 3. The maximum Gasteiger partial charge on any atom is 0.396 e. The normalized spacial score (nSPS) is 11.7. The van der Waals surface area contributed by atoms with E-state index in [1.807, 2.05) is 0 Å². The van der Waals surface area contributed by atoms with Crippen LogP contribution in [0.2, 0.25) is 5.02 Å². The highest BCUT2D eigenvalue weighted by molar-refractivity contribution is 6.35. The average molecular weight is 365 g/mol. The van der Waals surface area contributed by atoms with Crippen LogP contribution < -0.4 is 5.73 Å². The summed E-state index contributed by atoms with van der Waals surface area (Å²) in [7, 11) is 0. The number of hydrogen-bond acceptors (Lipinski definition) is 3. The highest BCUT2D eigenvalue weighted by Gasteiger charge is 2.30. The van der Waals surface area contributed by atoms with Crippen LogP contribution in [0.15, 0.2) is 42.7 Å². The molecule has 0 aliphatic carbocycles. The Kier molecular flexibility index (Phi) is 4.34. The van der Waals surface area contributed by atoms with Crippen molar-refractivity contribution in [2.45, 2.75) is 6.18 Å². The van der Waals surface area contributed by atoms with E-state index < -0.39 is 12.1 Å². The number of carbonyl (C=O) groups is 1. The topological polar surface area (TPSA) is 68.9 Å². The number of halogens is 4. The summed E-state index contributed by atoms with van der Waals surface area (Å²) in [5, 5.41) is 0.766. The number of nitrogens with two attached hydrogens (primary N) is 1. The monoisotopic (exact) mass is 364 g/mol. The van der Waals surface area contributed by atoms with Crippen LogP contribution in [0.5, 0.6) is 0 Å². The van der Waals surface area contributed by atoms with E-state index in [-0.39, 0.29) is 28.8 Å². The number of nitrogens with zero attached hydrogens (tertiary/aromatic N) is 2. The third-order valence-electron chi connectivity index (χ3n) is 3.44. The molecule has 0 bridgehead atoms. The Bertz CT molecular complexity index is 973. The molecule has 4 nitrogen and oxygen atoms in total. The number of rotatable bonds is 3. The van der Waals surface area contributed by atoms with E-state index in [1.165, 1.54) is 24.5 Å². The van der Waals surface area contributed by atoms with E-state index in [2.05, 4.69) is 9.97 Å². The first-order valence-corrected chi connectivity index (χ1v) is 7.39. The Balaban J connectivity index is 2.27. The van der Waals surface area contributed by atoms with Crippen molar-refractivity contribution in [2.75, 3.05) is 0 Å². The summed E-state index contributed by atoms with van der Waals surface area (Å²) < 4.78 is 38.8. The minimum Gasteiger partial charge on any atom is -0.366 e. The summed E-state index contributed by atoms with van der Waals surface area (Å²) in [6.45, 7) is 0. The van der Waals surface area contributed by atoms with Gasteiger partial charge in [-0.25, -0.2) is 4.98 Å². The zero-order valence-corrected chi connectivity index (χ0v) is 13.3. The molecule has 3 aromatic rings. The lowest BCUT2D eigenvalue weighted by molar-refractivity contribution is -0.0927. The maximum absolute atomic E-state index is 12.9. The lowest BCUT2D eigenvalue weighted by atomic mass is 10.0. The first kappa shape index (κ1) is 17.2. The zero-order chi connectivity index (χ0) is 18.2. The van der Waals surface area contributed by atoms with E-state index in [0.717, 1.165) is 0 Å². The van der Waals surface area contributed by atoms with Crippen LogP contribution in [0, 0.1) is 6.42 Å². The maximum atomic E-state index is 12.9. The van der Waals surface area contributed by atoms with Crippen molar-refractivity contribution in [2.24, 2.45) is 5.73 Å². The number of para-hydroxylation sites is 1. The van der Waals surface area contributed by atoms with Gasteiger partial charge in [-0.15, -0.1) is 0 Å². The lowest BCUT2D eigenvalue weighted by Gasteiger charge is -2.13. The fraction of sp³-hybridized carbons (Fsp3) is 0.0588. The van der Waals surface area contributed by atoms with Crippen LogP contribution in [0.1, 0.15) is 15.9 Å². The molecule has 1 amide bonds. The third kappa shape index (κ3) is 3.71. The molecule has 0 aliphatic rings. The highest BCUT2D eigenvalue weighted by atomic mass is 35.5. The molecular formula is C17H10ClF3N3O. The van der Waals surface area contributed by atoms with Gasteiger partial charge in [0.05, 0.1) is 28.2 Å². The summed E-state index contributed by atoms with van der Waals surface area (Å²) >= 11 is 6.10. The molecule has 25 heavy (non-hydrogen) atoms. The molecule has 0 atom stereocenters. The zero-order valence-electron chi connectivity index (χ0n) is 12.5. The van der Waals surface area contributed by atoms with E-state index in [1.54, 1.807) is 18.2 Å². The quantitative estimate of drug-likeness (QED) is 0.758. The van der Waals surface area contributed by atoms with Crippen LogP contribution in [-0.2, 0) is 0 Å². The van der Waals surface area contributed by atoms with Crippen molar-refractivity contribution in [1.29, 1.82) is 0 Å². The van der Waals surface area contributed by atoms with Gasteiger partial charge in [0.2, 0.25) is 5.91 Å². The molecule has 2 heterocycles. The highest BCUT2D eigenvalue weighted by Crippen LogP contribution is 2.34. The van der Waals surface area contributed by atoms with Crippen molar-refractivity contribution >= 4 is 28.4 Å². The molecule has 0 aliphatic heterocycles. The molecule has 0 fully saturated rings. The van der Waals surface area contributed by atoms with Crippen molar-refractivity contribution in [3.8, 4) is 11.3 Å². The van der Waals surface area contributed by atoms with Gasteiger partial charge >= 0.3 is 6.18 Å². The molecule has 0 unspecified atom stereocenters. The predicted octanol–water partition coefficient (Wildman–Crippen LogP) is 4.16. The predicted molar refractivity (Wildman–Crippen MR) is 88.0 cm³/mol. The number of carbonyl (C=O) groups excluding carboxylic acids is 1. The van der Waals surface area contributed by atoms with Gasteiger partial charge in [-0.05, 0) is 23.8 Å². The van der Waals surface area contributed by atoms with Gasteiger partial charge in [-0.3, -0.25) is 9.78 Å². The Hall–Kier alpha value is -2.67. The van der Waals surface area contributed by atoms with Gasteiger partial charge in [-0.1, -0.05) is 23.7 Å². The molecular weight excluding hydrogens is 355 g/mol. The van der Waals surface area contributed by atoms with Crippen LogP contribution in [0.3, 0.4) is 0 Å². The van der Waals surface area contributed by atoms with Gasteiger partial charge in [0.1, 0.15) is 0 Å². The van der Waals surface area contributed by atoms with Gasteiger partial charge in [0.25, 0.3) is 0 Å². The third-order valence-corrected chi connectivity index (χ3v) is 3.75. The molecule has 2 aromatic heterocycles. The number of hydrogen-bond donors (Lipinski definition) is 1. The van der Waals surface area contributed by atoms with Gasteiger partial charge in [-0.2, -0.15) is 13.2 Å². The molecule has 8 heteroatoms. The van der Waals surface area contributed by atoms with E-state index in [0.29, 0.717) is 15.9 Å². The van der Waals surface area contributed by atoms with Crippen molar-refractivity contribution in [1.82, 2.24) is 9.97 Å². The standard InChI is InChI=1S/C17H10ClF3N3O/c18-13-3-1-2-9-4-10(6-17(19,20)21)14(24-15(9)13)11-5-12(16(22)25)8-23-7-11/h1-8H,(H2,22,25). The average Bonchev–Trinajstić information content (AvgIpc) is 2.53. The number of primary amides is 1. The fourth-order valence-electron chi connectivity index (χ4n) is 2.40. The summed E-state index contributed by atoms with van der Waals surface area (Å²) in [6.07, 6.45) is -1.86. The molecule has 127 valence electrons. The molecule has 0 spiro atoms. The number of amides is 1. The van der Waals surface area contributed by atoms with Crippen LogP contribution in [-0.4, -0.2) is 22.1 Å². The van der Waals surface area contributed by atoms with Gasteiger partial charge in [0.15, 0.2) is 0 Å². The SMILES string of the molecule is NC(=O)c1cncc(-c2nc3c(Cl)cccc3cc2[CH]C(F)(F)F)c1. The summed E-state index contributed by atoms with van der Waals surface area (Å²) in [6, 6.07) is 7.51. The number of aromatic nitrogens is 2. The first-order chi connectivity index (χ1) is 11.7. The second-order valence-corrected chi connectivity index (χ2v) is 5.66. The Morgan fingerprint density at radius 2 is 1.96 bits per heavy atom. The van der Waals surface area contributed by atoms with Crippen molar-refractivity contribution in [3.63, 3.8) is 0 Å². The smallest absolute Gasteiger partial charge is 0.366 e. The number of fused-ring (bicyclic) bond motifs is 1. The Morgan fingerprint density at radius 3 is 2.64 bits per heavy atom. The van der Waals surface area contributed by atoms with E-state index >= 15 is 0 Å². The summed E-state index contributed by atoms with van der Waals surface area (Å²) in [4.78, 5) is 19.4. The molecule has 0 saturated heterocycles. The largest absolute Gasteiger partial charge is 0.396 e. The van der Waals surface area contributed by atoms with Crippen LogP contribution >= 0.6 is 11.6 Å². The summed E-state index contributed by atoms with van der Waals surface area (Å²) in [5.74, 6) is -0.741. The molecule has 3 rings (SSSR count). The van der Waals surface area contributed by atoms with Crippen molar-refractivity contribution < 1.29 is 18.0 Å². The van der Waals surface area contributed by atoms with E-state index in [4.69, 9.17) is 17.3 Å². The minimum atomic E-state index is -4.54. The molecule has 2 N–H and O–H groups in total.